The van der Waals surface area contributed by atoms with Gasteiger partial charge in [-0.1, -0.05) is 67.1 Å². The van der Waals surface area contributed by atoms with Gasteiger partial charge in [0.1, 0.15) is 0 Å². The Balaban J connectivity index is 1.83. The Morgan fingerprint density at radius 1 is 0.864 bits per heavy atom. The lowest BCUT2D eigenvalue weighted by Gasteiger charge is -2.33. The molecule has 2 nitrogen and oxygen atoms in total. The van der Waals surface area contributed by atoms with Crippen LogP contribution in [-0.2, 0) is 6.42 Å². The summed E-state index contributed by atoms with van der Waals surface area (Å²) in [6.07, 6.45) is 4.49. The molecule has 0 spiro atoms. The van der Waals surface area contributed by atoms with Crippen LogP contribution >= 0.6 is 0 Å². The summed E-state index contributed by atoms with van der Waals surface area (Å²) in [5.74, 6) is 0.256. The highest BCUT2D eigenvalue weighted by Gasteiger charge is 2.27. The molecule has 2 aromatic carbocycles. The zero-order valence-corrected chi connectivity index (χ0v) is 12.9. The van der Waals surface area contributed by atoms with Crippen LogP contribution in [0.2, 0.25) is 0 Å². The van der Waals surface area contributed by atoms with Crippen molar-refractivity contribution >= 4 is 5.78 Å². The number of carbonyl (C=O) groups is 1. The third-order valence-electron chi connectivity index (χ3n) is 4.46. The highest BCUT2D eigenvalue weighted by molar-refractivity contribution is 6.00. The number of hydrogen-bond donors (Lipinski definition) is 0. The fraction of sp³-hybridized carbons (Fsp3) is 0.350. The third-order valence-corrected chi connectivity index (χ3v) is 4.46. The molecule has 0 amide bonds. The zero-order chi connectivity index (χ0) is 15.2. The van der Waals surface area contributed by atoms with E-state index in [-0.39, 0.29) is 11.8 Å². The van der Waals surface area contributed by atoms with Crippen LogP contribution < -0.4 is 0 Å². The van der Waals surface area contributed by atoms with Crippen LogP contribution in [0.25, 0.3) is 0 Å². The van der Waals surface area contributed by atoms with E-state index in [2.05, 4.69) is 29.2 Å². The fourth-order valence-electron chi connectivity index (χ4n) is 3.25. The van der Waals surface area contributed by atoms with Crippen LogP contribution in [-0.4, -0.2) is 29.8 Å². The lowest BCUT2D eigenvalue weighted by atomic mass is 9.94. The Kier molecular flexibility index (Phi) is 5.02. The van der Waals surface area contributed by atoms with Gasteiger partial charge in [0.05, 0.1) is 6.04 Å². The summed E-state index contributed by atoms with van der Waals surface area (Å²) in [5, 5.41) is 0. The summed E-state index contributed by atoms with van der Waals surface area (Å²) in [7, 11) is 0. The molecule has 0 bridgehead atoms. The third kappa shape index (κ3) is 3.63. The molecule has 3 rings (SSSR count). The number of benzene rings is 2. The molecular formula is C20H23NO. The Hall–Kier alpha value is -1.93. The van der Waals surface area contributed by atoms with Crippen molar-refractivity contribution in [1.82, 2.24) is 4.90 Å². The molecule has 0 unspecified atom stereocenters. The summed E-state index contributed by atoms with van der Waals surface area (Å²) in [4.78, 5) is 15.4. The first kappa shape index (κ1) is 15.0. The molecule has 114 valence electrons. The maximum absolute atomic E-state index is 13.0. The molecule has 1 aliphatic heterocycles. The van der Waals surface area contributed by atoms with Crippen molar-refractivity contribution in [1.29, 1.82) is 0 Å². The van der Waals surface area contributed by atoms with E-state index in [4.69, 9.17) is 0 Å². The van der Waals surface area contributed by atoms with Crippen LogP contribution in [0.5, 0.6) is 0 Å². The largest absolute Gasteiger partial charge is 0.293 e. The molecule has 0 N–H and O–H groups in total. The molecule has 0 radical (unpaired) electrons. The predicted molar refractivity (Wildman–Crippen MR) is 90.1 cm³/mol. The Morgan fingerprint density at radius 3 is 2.09 bits per heavy atom. The average molecular weight is 293 g/mol. The van der Waals surface area contributed by atoms with Crippen molar-refractivity contribution in [2.24, 2.45) is 0 Å². The number of nitrogens with zero attached hydrogens (tertiary/aromatic N) is 1. The minimum absolute atomic E-state index is 0.0369. The van der Waals surface area contributed by atoms with Crippen molar-refractivity contribution in [3.63, 3.8) is 0 Å². The lowest BCUT2D eigenvalue weighted by molar-refractivity contribution is 0.0783. The first-order valence-corrected chi connectivity index (χ1v) is 8.22. The van der Waals surface area contributed by atoms with Gasteiger partial charge in [-0.05, 0) is 37.9 Å². The van der Waals surface area contributed by atoms with E-state index in [1.54, 1.807) is 0 Å². The van der Waals surface area contributed by atoms with Gasteiger partial charge in [0.2, 0.25) is 0 Å². The van der Waals surface area contributed by atoms with Gasteiger partial charge in [-0.3, -0.25) is 9.69 Å². The molecule has 1 heterocycles. The highest BCUT2D eigenvalue weighted by Crippen LogP contribution is 2.19. The molecule has 0 saturated carbocycles. The van der Waals surface area contributed by atoms with Crippen molar-refractivity contribution in [3.8, 4) is 0 Å². The van der Waals surface area contributed by atoms with Crippen molar-refractivity contribution < 1.29 is 4.79 Å². The first-order valence-electron chi connectivity index (χ1n) is 8.22. The van der Waals surface area contributed by atoms with E-state index in [0.717, 1.165) is 25.1 Å². The maximum atomic E-state index is 13.0. The van der Waals surface area contributed by atoms with Crippen LogP contribution in [0.4, 0.5) is 0 Å². The molecule has 1 atom stereocenters. The summed E-state index contributed by atoms with van der Waals surface area (Å²) in [6, 6.07) is 20.1. The number of carbonyl (C=O) groups excluding carboxylic acids is 1. The molecule has 0 aromatic heterocycles. The monoisotopic (exact) mass is 293 g/mol. The lowest BCUT2D eigenvalue weighted by Crippen LogP contribution is -2.45. The quantitative estimate of drug-likeness (QED) is 0.778. The maximum Gasteiger partial charge on any atom is 0.180 e. The molecule has 22 heavy (non-hydrogen) atoms. The van der Waals surface area contributed by atoms with Gasteiger partial charge in [0.25, 0.3) is 0 Å². The summed E-state index contributed by atoms with van der Waals surface area (Å²) < 4.78 is 0. The smallest absolute Gasteiger partial charge is 0.180 e. The second-order valence-electron chi connectivity index (χ2n) is 6.03. The van der Waals surface area contributed by atoms with E-state index in [9.17, 15) is 4.79 Å². The Morgan fingerprint density at radius 2 is 1.45 bits per heavy atom. The van der Waals surface area contributed by atoms with Crippen LogP contribution in [0.3, 0.4) is 0 Å². The first-order chi connectivity index (χ1) is 10.8. The summed E-state index contributed by atoms with van der Waals surface area (Å²) >= 11 is 0. The Bertz CT molecular complexity index is 588. The van der Waals surface area contributed by atoms with Crippen molar-refractivity contribution in [2.45, 2.75) is 31.7 Å². The molecule has 1 fully saturated rings. The second kappa shape index (κ2) is 7.37. The standard InChI is InChI=1S/C20H23NO/c22-20(18-12-6-2-7-13-18)19(21-14-8-3-9-15-21)16-17-10-4-1-5-11-17/h1-2,4-7,10-13,19H,3,8-9,14-16H2/t19-/m0/s1. The van der Waals surface area contributed by atoms with Crippen LogP contribution in [0, 0.1) is 0 Å². The Labute approximate surface area is 132 Å². The van der Waals surface area contributed by atoms with Gasteiger partial charge in [-0.25, -0.2) is 0 Å². The minimum Gasteiger partial charge on any atom is -0.293 e. The van der Waals surface area contributed by atoms with E-state index in [1.165, 1.54) is 24.8 Å². The van der Waals surface area contributed by atoms with E-state index < -0.39 is 0 Å². The van der Waals surface area contributed by atoms with Gasteiger partial charge in [0.15, 0.2) is 5.78 Å². The van der Waals surface area contributed by atoms with Gasteiger partial charge in [0, 0.05) is 5.56 Å². The SMILES string of the molecule is O=C(c1ccccc1)[C@H](Cc1ccccc1)N1CCCCC1. The minimum atomic E-state index is -0.0369. The number of likely N-dealkylation sites (tertiary alicyclic amines) is 1. The van der Waals surface area contributed by atoms with Gasteiger partial charge < -0.3 is 0 Å². The van der Waals surface area contributed by atoms with Gasteiger partial charge >= 0.3 is 0 Å². The molecule has 2 heteroatoms. The van der Waals surface area contributed by atoms with E-state index in [0.29, 0.717) is 0 Å². The van der Waals surface area contributed by atoms with E-state index in [1.807, 2.05) is 36.4 Å². The summed E-state index contributed by atoms with van der Waals surface area (Å²) in [5.41, 5.74) is 2.07. The van der Waals surface area contributed by atoms with E-state index >= 15 is 0 Å². The van der Waals surface area contributed by atoms with Crippen molar-refractivity contribution in [2.75, 3.05) is 13.1 Å². The van der Waals surface area contributed by atoms with Crippen LogP contribution in [0.1, 0.15) is 35.2 Å². The number of piperidine rings is 1. The molecular weight excluding hydrogens is 270 g/mol. The normalized spacial score (nSPS) is 17.1. The number of Topliss-reactive ketones (excluding diaryl/α,β-unsaturated/α-hetero) is 1. The average Bonchev–Trinajstić information content (AvgIpc) is 2.61. The number of hydrogen-bond acceptors (Lipinski definition) is 2. The predicted octanol–water partition coefficient (Wildman–Crippen LogP) is 3.97. The molecule has 2 aromatic rings. The topological polar surface area (TPSA) is 20.3 Å². The van der Waals surface area contributed by atoms with Gasteiger partial charge in [-0.15, -0.1) is 0 Å². The van der Waals surface area contributed by atoms with Crippen molar-refractivity contribution in [3.05, 3.63) is 71.8 Å². The highest BCUT2D eigenvalue weighted by atomic mass is 16.1. The summed E-state index contributed by atoms with van der Waals surface area (Å²) in [6.45, 7) is 2.08. The number of rotatable bonds is 5. The fourth-order valence-corrected chi connectivity index (χ4v) is 3.25. The second-order valence-corrected chi connectivity index (χ2v) is 6.03. The molecule has 1 aliphatic rings. The number of ketones is 1. The molecule has 1 saturated heterocycles. The molecule has 0 aliphatic carbocycles. The zero-order valence-electron chi connectivity index (χ0n) is 12.9. The van der Waals surface area contributed by atoms with Crippen LogP contribution in [0.15, 0.2) is 60.7 Å². The van der Waals surface area contributed by atoms with Gasteiger partial charge in [-0.2, -0.15) is 0 Å².